The van der Waals surface area contributed by atoms with Crippen molar-refractivity contribution in [1.82, 2.24) is 4.31 Å². The SMILES string of the molecule is COc1ccc(S(=O)(=O)N2CCC(C(=O)Nc3ccccc3O)CC2)cc1. The molecule has 3 rings (SSSR count). The largest absolute Gasteiger partial charge is 0.506 e. The summed E-state index contributed by atoms with van der Waals surface area (Å²) in [6, 6.07) is 12.8. The van der Waals surface area contributed by atoms with Crippen molar-refractivity contribution in [3.05, 3.63) is 48.5 Å². The van der Waals surface area contributed by atoms with E-state index in [0.717, 1.165) is 0 Å². The first-order chi connectivity index (χ1) is 12.9. The Kier molecular flexibility index (Phi) is 5.67. The van der Waals surface area contributed by atoms with Gasteiger partial charge in [0.1, 0.15) is 11.5 Å². The molecule has 1 aliphatic heterocycles. The van der Waals surface area contributed by atoms with Crippen LogP contribution in [0, 0.1) is 5.92 Å². The second kappa shape index (κ2) is 7.98. The molecule has 0 saturated carbocycles. The summed E-state index contributed by atoms with van der Waals surface area (Å²) in [6.07, 6.45) is 0.851. The average Bonchev–Trinajstić information content (AvgIpc) is 2.70. The van der Waals surface area contributed by atoms with Gasteiger partial charge in [-0.2, -0.15) is 4.31 Å². The highest BCUT2D eigenvalue weighted by Crippen LogP contribution is 2.27. The van der Waals surface area contributed by atoms with E-state index in [1.807, 2.05) is 0 Å². The topological polar surface area (TPSA) is 95.9 Å². The van der Waals surface area contributed by atoms with Gasteiger partial charge in [0.15, 0.2) is 0 Å². The van der Waals surface area contributed by atoms with Gasteiger partial charge in [0, 0.05) is 19.0 Å². The van der Waals surface area contributed by atoms with Crippen molar-refractivity contribution in [3.63, 3.8) is 0 Å². The number of phenolic OH excluding ortho intramolecular Hbond substituents is 1. The summed E-state index contributed by atoms with van der Waals surface area (Å²) in [5, 5.41) is 12.5. The zero-order valence-electron chi connectivity index (χ0n) is 15.0. The fraction of sp³-hybridized carbons (Fsp3) is 0.316. The Labute approximate surface area is 158 Å². The van der Waals surface area contributed by atoms with Gasteiger partial charge in [0.25, 0.3) is 0 Å². The third-order valence-electron chi connectivity index (χ3n) is 4.68. The van der Waals surface area contributed by atoms with E-state index in [9.17, 15) is 18.3 Å². The number of carbonyl (C=O) groups excluding carboxylic acids is 1. The number of anilines is 1. The lowest BCUT2D eigenvalue weighted by molar-refractivity contribution is -0.120. The second-order valence-electron chi connectivity index (χ2n) is 6.36. The molecular weight excluding hydrogens is 368 g/mol. The van der Waals surface area contributed by atoms with Crippen molar-refractivity contribution in [3.8, 4) is 11.5 Å². The maximum atomic E-state index is 12.8. The maximum Gasteiger partial charge on any atom is 0.243 e. The molecule has 0 bridgehead atoms. The summed E-state index contributed by atoms with van der Waals surface area (Å²) in [7, 11) is -2.07. The minimum Gasteiger partial charge on any atom is -0.506 e. The van der Waals surface area contributed by atoms with Gasteiger partial charge >= 0.3 is 0 Å². The predicted molar refractivity (Wildman–Crippen MR) is 101 cm³/mol. The molecule has 2 aromatic carbocycles. The normalized spacial score (nSPS) is 16.0. The van der Waals surface area contributed by atoms with Crippen molar-refractivity contribution in [2.75, 3.05) is 25.5 Å². The number of ether oxygens (including phenoxy) is 1. The molecule has 1 aliphatic rings. The number of carbonyl (C=O) groups is 1. The molecule has 8 heteroatoms. The molecule has 0 radical (unpaired) electrons. The van der Waals surface area contributed by atoms with Crippen LogP contribution in [0.25, 0.3) is 0 Å². The second-order valence-corrected chi connectivity index (χ2v) is 8.30. The maximum absolute atomic E-state index is 12.8. The monoisotopic (exact) mass is 390 g/mol. The number of benzene rings is 2. The molecule has 0 aliphatic carbocycles. The van der Waals surface area contributed by atoms with E-state index >= 15 is 0 Å². The van der Waals surface area contributed by atoms with Gasteiger partial charge in [-0.1, -0.05) is 12.1 Å². The van der Waals surface area contributed by atoms with Crippen LogP contribution in [0.4, 0.5) is 5.69 Å². The van der Waals surface area contributed by atoms with E-state index in [-0.39, 0.29) is 35.6 Å². The van der Waals surface area contributed by atoms with Gasteiger partial charge in [-0.3, -0.25) is 4.79 Å². The lowest BCUT2D eigenvalue weighted by Gasteiger charge is -2.30. The Morgan fingerprint density at radius 1 is 1.11 bits per heavy atom. The molecule has 27 heavy (non-hydrogen) atoms. The molecule has 0 unspecified atom stereocenters. The van der Waals surface area contributed by atoms with Gasteiger partial charge in [0.2, 0.25) is 15.9 Å². The third kappa shape index (κ3) is 4.23. The van der Waals surface area contributed by atoms with Crippen molar-refractivity contribution >= 4 is 21.6 Å². The van der Waals surface area contributed by atoms with E-state index in [0.29, 0.717) is 24.3 Å². The molecular formula is C19H22N2O5S. The summed E-state index contributed by atoms with van der Waals surface area (Å²) in [5.41, 5.74) is 0.357. The molecule has 7 nitrogen and oxygen atoms in total. The Morgan fingerprint density at radius 3 is 2.33 bits per heavy atom. The number of rotatable bonds is 5. The summed E-state index contributed by atoms with van der Waals surface area (Å²) in [6.45, 7) is 0.542. The summed E-state index contributed by atoms with van der Waals surface area (Å²) in [4.78, 5) is 12.6. The van der Waals surface area contributed by atoms with Crippen LogP contribution in [0.2, 0.25) is 0 Å². The number of nitrogens with one attached hydrogen (secondary N) is 1. The number of hydrogen-bond acceptors (Lipinski definition) is 5. The Morgan fingerprint density at radius 2 is 1.74 bits per heavy atom. The molecule has 2 aromatic rings. The van der Waals surface area contributed by atoms with Gasteiger partial charge < -0.3 is 15.2 Å². The first-order valence-electron chi connectivity index (χ1n) is 8.65. The quantitative estimate of drug-likeness (QED) is 0.765. The van der Waals surface area contributed by atoms with Gasteiger partial charge in [-0.15, -0.1) is 0 Å². The molecule has 1 heterocycles. The minimum atomic E-state index is -3.60. The fourth-order valence-electron chi connectivity index (χ4n) is 3.07. The van der Waals surface area contributed by atoms with Crippen LogP contribution in [0.5, 0.6) is 11.5 Å². The minimum absolute atomic E-state index is 0.00497. The van der Waals surface area contributed by atoms with Crippen LogP contribution in [0.15, 0.2) is 53.4 Å². The lowest BCUT2D eigenvalue weighted by atomic mass is 9.97. The number of phenols is 1. The molecule has 1 fully saturated rings. The number of amides is 1. The van der Waals surface area contributed by atoms with Crippen LogP contribution in [-0.2, 0) is 14.8 Å². The number of nitrogens with zero attached hydrogens (tertiary/aromatic N) is 1. The smallest absolute Gasteiger partial charge is 0.243 e. The summed E-state index contributed by atoms with van der Waals surface area (Å²) >= 11 is 0. The number of sulfonamides is 1. The fourth-order valence-corrected chi connectivity index (χ4v) is 4.54. The molecule has 1 saturated heterocycles. The first-order valence-corrected chi connectivity index (χ1v) is 10.1. The lowest BCUT2D eigenvalue weighted by Crippen LogP contribution is -2.41. The van der Waals surface area contributed by atoms with Gasteiger partial charge in [0.05, 0.1) is 17.7 Å². The molecule has 1 amide bonds. The van der Waals surface area contributed by atoms with Crippen molar-refractivity contribution in [1.29, 1.82) is 0 Å². The number of hydrogen-bond donors (Lipinski definition) is 2. The van der Waals surface area contributed by atoms with Crippen LogP contribution in [0.3, 0.4) is 0 Å². The average molecular weight is 390 g/mol. The van der Waals surface area contributed by atoms with Crippen molar-refractivity contribution in [2.24, 2.45) is 5.92 Å². The van der Waals surface area contributed by atoms with Gasteiger partial charge in [-0.05, 0) is 49.2 Å². The van der Waals surface area contributed by atoms with Crippen LogP contribution >= 0.6 is 0 Å². The van der Waals surface area contributed by atoms with E-state index in [4.69, 9.17) is 4.74 Å². The standard InChI is InChI=1S/C19H22N2O5S/c1-26-15-6-8-16(9-7-15)27(24,25)21-12-10-14(11-13-21)19(23)20-17-4-2-3-5-18(17)22/h2-9,14,22H,10-13H2,1H3,(H,20,23). The number of piperidine rings is 1. The first kappa shape index (κ1) is 19.2. The molecule has 0 spiro atoms. The molecule has 2 N–H and O–H groups in total. The number of para-hydroxylation sites is 2. The summed E-state index contributed by atoms with van der Waals surface area (Å²) in [5.74, 6) is 0.0868. The van der Waals surface area contributed by atoms with Crippen molar-refractivity contribution in [2.45, 2.75) is 17.7 Å². The Hall–Kier alpha value is -2.58. The van der Waals surface area contributed by atoms with E-state index < -0.39 is 10.0 Å². The molecule has 0 aromatic heterocycles. The zero-order chi connectivity index (χ0) is 19.4. The Balaban J connectivity index is 1.62. The highest BCUT2D eigenvalue weighted by molar-refractivity contribution is 7.89. The highest BCUT2D eigenvalue weighted by Gasteiger charge is 2.32. The zero-order valence-corrected chi connectivity index (χ0v) is 15.8. The Bertz CT molecular complexity index is 904. The highest BCUT2D eigenvalue weighted by atomic mass is 32.2. The number of aromatic hydroxyl groups is 1. The molecule has 144 valence electrons. The van der Waals surface area contributed by atoms with E-state index in [1.54, 1.807) is 30.3 Å². The van der Waals surface area contributed by atoms with Gasteiger partial charge in [-0.25, -0.2) is 8.42 Å². The van der Waals surface area contributed by atoms with Crippen LogP contribution in [-0.4, -0.2) is 43.9 Å². The third-order valence-corrected chi connectivity index (χ3v) is 6.60. The molecule has 0 atom stereocenters. The van der Waals surface area contributed by atoms with E-state index in [1.165, 1.54) is 29.6 Å². The van der Waals surface area contributed by atoms with Crippen LogP contribution in [0.1, 0.15) is 12.8 Å². The van der Waals surface area contributed by atoms with E-state index in [2.05, 4.69) is 5.32 Å². The summed E-state index contributed by atoms with van der Waals surface area (Å²) < 4.78 is 32.0. The number of methoxy groups -OCH3 is 1. The van der Waals surface area contributed by atoms with Crippen molar-refractivity contribution < 1.29 is 23.1 Å². The van der Waals surface area contributed by atoms with Crippen LogP contribution < -0.4 is 10.1 Å². The predicted octanol–water partition coefficient (Wildman–Crippen LogP) is 2.44.